The Bertz CT molecular complexity index is 381. The molecule has 98 valence electrons. The highest BCUT2D eigenvalue weighted by atomic mass is 15.2. The van der Waals surface area contributed by atoms with Crippen LogP contribution in [0.1, 0.15) is 31.7 Å². The summed E-state index contributed by atoms with van der Waals surface area (Å²) in [6.07, 6.45) is 4.13. The molecule has 2 unspecified atom stereocenters. The molecule has 18 heavy (non-hydrogen) atoms. The van der Waals surface area contributed by atoms with Crippen LogP contribution in [0.2, 0.25) is 0 Å². The van der Waals surface area contributed by atoms with Gasteiger partial charge in [0.25, 0.3) is 0 Å². The number of hydrogen-bond donors (Lipinski definition) is 1. The number of piperidine rings is 1. The summed E-state index contributed by atoms with van der Waals surface area (Å²) in [7, 11) is 0. The molecule has 1 aromatic rings. The third-order valence-corrected chi connectivity index (χ3v) is 5.06. The first-order chi connectivity index (χ1) is 8.80. The van der Waals surface area contributed by atoms with Crippen molar-refractivity contribution >= 4 is 0 Å². The lowest BCUT2D eigenvalue weighted by molar-refractivity contribution is 0.0314. The summed E-state index contributed by atoms with van der Waals surface area (Å²) in [6.45, 7) is 7.25. The third kappa shape index (κ3) is 2.19. The standard InChI is InChI=1S/C16H24N2/c1-14-16(9-10-17-13-16)8-5-11-18(14)12-15-6-3-2-4-7-15/h2-4,6-7,14,17H,5,8-13H2,1H3. The highest BCUT2D eigenvalue weighted by Crippen LogP contribution is 2.41. The number of likely N-dealkylation sites (tertiary alicyclic amines) is 1. The molecule has 0 aromatic heterocycles. The second-order valence-corrected chi connectivity index (χ2v) is 6.02. The van der Waals surface area contributed by atoms with Crippen molar-refractivity contribution in [1.29, 1.82) is 0 Å². The Morgan fingerprint density at radius 1 is 1.28 bits per heavy atom. The van der Waals surface area contributed by atoms with E-state index < -0.39 is 0 Å². The summed E-state index contributed by atoms with van der Waals surface area (Å²) in [5.74, 6) is 0. The van der Waals surface area contributed by atoms with Gasteiger partial charge in [0.2, 0.25) is 0 Å². The van der Waals surface area contributed by atoms with Crippen LogP contribution in [0, 0.1) is 5.41 Å². The summed E-state index contributed by atoms with van der Waals surface area (Å²) < 4.78 is 0. The van der Waals surface area contributed by atoms with E-state index in [1.165, 1.54) is 44.5 Å². The Morgan fingerprint density at radius 3 is 2.83 bits per heavy atom. The quantitative estimate of drug-likeness (QED) is 0.860. The Labute approximate surface area is 110 Å². The molecule has 3 rings (SSSR count). The van der Waals surface area contributed by atoms with Gasteiger partial charge in [-0.3, -0.25) is 4.90 Å². The van der Waals surface area contributed by atoms with Crippen molar-refractivity contribution in [2.24, 2.45) is 5.41 Å². The van der Waals surface area contributed by atoms with E-state index in [1.807, 2.05) is 0 Å². The van der Waals surface area contributed by atoms with Crippen LogP contribution in [0.15, 0.2) is 30.3 Å². The molecule has 2 fully saturated rings. The van der Waals surface area contributed by atoms with Crippen molar-refractivity contribution in [2.75, 3.05) is 19.6 Å². The van der Waals surface area contributed by atoms with E-state index in [0.29, 0.717) is 11.5 Å². The van der Waals surface area contributed by atoms with Crippen LogP contribution in [-0.4, -0.2) is 30.6 Å². The van der Waals surface area contributed by atoms with Gasteiger partial charge >= 0.3 is 0 Å². The molecule has 2 heterocycles. The molecule has 0 saturated carbocycles. The van der Waals surface area contributed by atoms with Crippen LogP contribution in [0.3, 0.4) is 0 Å². The Kier molecular flexibility index (Phi) is 3.40. The SMILES string of the molecule is CC1N(Cc2ccccc2)CCCC12CCNC2. The van der Waals surface area contributed by atoms with E-state index in [9.17, 15) is 0 Å². The molecule has 0 aliphatic carbocycles. The van der Waals surface area contributed by atoms with Crippen LogP contribution >= 0.6 is 0 Å². The highest BCUT2D eigenvalue weighted by molar-refractivity contribution is 5.15. The van der Waals surface area contributed by atoms with Crippen LogP contribution in [-0.2, 0) is 6.54 Å². The lowest BCUT2D eigenvalue weighted by atomic mass is 9.73. The molecule has 2 heteroatoms. The fourth-order valence-corrected chi connectivity index (χ4v) is 3.79. The largest absolute Gasteiger partial charge is 0.316 e. The summed E-state index contributed by atoms with van der Waals surface area (Å²) in [5, 5.41) is 3.57. The van der Waals surface area contributed by atoms with Crippen molar-refractivity contribution in [1.82, 2.24) is 10.2 Å². The van der Waals surface area contributed by atoms with Gasteiger partial charge in [0.05, 0.1) is 0 Å². The van der Waals surface area contributed by atoms with Crippen molar-refractivity contribution in [3.05, 3.63) is 35.9 Å². The van der Waals surface area contributed by atoms with Gasteiger partial charge in [-0.15, -0.1) is 0 Å². The van der Waals surface area contributed by atoms with E-state index >= 15 is 0 Å². The summed E-state index contributed by atoms with van der Waals surface area (Å²) >= 11 is 0. The maximum atomic E-state index is 3.57. The Morgan fingerprint density at radius 2 is 2.11 bits per heavy atom. The molecular weight excluding hydrogens is 220 g/mol. The van der Waals surface area contributed by atoms with Gasteiger partial charge in [0.1, 0.15) is 0 Å². The molecule has 0 amide bonds. The molecule has 2 atom stereocenters. The monoisotopic (exact) mass is 244 g/mol. The minimum Gasteiger partial charge on any atom is -0.316 e. The Balaban J connectivity index is 1.72. The fraction of sp³-hybridized carbons (Fsp3) is 0.625. The van der Waals surface area contributed by atoms with Crippen LogP contribution in [0.4, 0.5) is 0 Å². The fourth-order valence-electron chi connectivity index (χ4n) is 3.79. The summed E-state index contributed by atoms with van der Waals surface area (Å²) in [4.78, 5) is 2.69. The summed E-state index contributed by atoms with van der Waals surface area (Å²) in [5.41, 5.74) is 2.00. The van der Waals surface area contributed by atoms with Crippen molar-refractivity contribution < 1.29 is 0 Å². The molecule has 2 nitrogen and oxygen atoms in total. The van der Waals surface area contributed by atoms with E-state index in [4.69, 9.17) is 0 Å². The first-order valence-electron chi connectivity index (χ1n) is 7.29. The molecular formula is C16H24N2. The zero-order valence-corrected chi connectivity index (χ0v) is 11.4. The first kappa shape index (κ1) is 12.2. The number of hydrogen-bond acceptors (Lipinski definition) is 2. The maximum Gasteiger partial charge on any atom is 0.0236 e. The topological polar surface area (TPSA) is 15.3 Å². The van der Waals surface area contributed by atoms with Crippen LogP contribution < -0.4 is 5.32 Å². The predicted octanol–water partition coefficient (Wildman–Crippen LogP) is 2.65. The van der Waals surface area contributed by atoms with Crippen LogP contribution in [0.25, 0.3) is 0 Å². The maximum absolute atomic E-state index is 3.57. The van der Waals surface area contributed by atoms with Gasteiger partial charge in [-0.05, 0) is 50.3 Å². The predicted molar refractivity (Wildman–Crippen MR) is 75.5 cm³/mol. The lowest BCUT2D eigenvalue weighted by Crippen LogP contribution is -2.51. The summed E-state index contributed by atoms with van der Waals surface area (Å²) in [6, 6.07) is 11.6. The Hall–Kier alpha value is -0.860. The minimum absolute atomic E-state index is 0.549. The van der Waals surface area contributed by atoms with Gasteiger partial charge in [-0.25, -0.2) is 0 Å². The van der Waals surface area contributed by atoms with Gasteiger partial charge in [-0.1, -0.05) is 30.3 Å². The van der Waals surface area contributed by atoms with Gasteiger partial charge in [-0.2, -0.15) is 0 Å². The van der Waals surface area contributed by atoms with Crippen molar-refractivity contribution in [3.63, 3.8) is 0 Å². The van der Waals surface area contributed by atoms with E-state index in [0.717, 1.165) is 6.54 Å². The van der Waals surface area contributed by atoms with Crippen molar-refractivity contribution in [2.45, 2.75) is 38.8 Å². The molecule has 1 spiro atoms. The number of benzene rings is 1. The smallest absolute Gasteiger partial charge is 0.0236 e. The van der Waals surface area contributed by atoms with Gasteiger partial charge < -0.3 is 5.32 Å². The van der Waals surface area contributed by atoms with E-state index in [-0.39, 0.29) is 0 Å². The number of nitrogens with zero attached hydrogens (tertiary/aromatic N) is 1. The van der Waals surface area contributed by atoms with Crippen molar-refractivity contribution in [3.8, 4) is 0 Å². The first-order valence-corrected chi connectivity index (χ1v) is 7.29. The third-order valence-electron chi connectivity index (χ3n) is 5.06. The molecule has 2 aliphatic heterocycles. The second-order valence-electron chi connectivity index (χ2n) is 6.02. The zero-order chi connectivity index (χ0) is 12.4. The lowest BCUT2D eigenvalue weighted by Gasteiger charge is -2.46. The van der Waals surface area contributed by atoms with E-state index in [2.05, 4.69) is 47.5 Å². The normalized spacial score (nSPS) is 33.1. The molecule has 0 bridgehead atoms. The van der Waals surface area contributed by atoms with Gasteiger partial charge in [0.15, 0.2) is 0 Å². The molecule has 1 N–H and O–H groups in total. The minimum atomic E-state index is 0.549. The molecule has 2 saturated heterocycles. The zero-order valence-electron chi connectivity index (χ0n) is 11.4. The molecule has 0 radical (unpaired) electrons. The molecule has 2 aliphatic rings. The molecule has 1 aromatic carbocycles. The van der Waals surface area contributed by atoms with Gasteiger partial charge in [0, 0.05) is 19.1 Å². The second kappa shape index (κ2) is 5.02. The highest BCUT2D eigenvalue weighted by Gasteiger charge is 2.43. The van der Waals surface area contributed by atoms with E-state index in [1.54, 1.807) is 0 Å². The number of rotatable bonds is 2. The van der Waals surface area contributed by atoms with Crippen LogP contribution in [0.5, 0.6) is 0 Å². The average molecular weight is 244 g/mol. The number of nitrogens with one attached hydrogen (secondary N) is 1. The average Bonchev–Trinajstić information content (AvgIpc) is 2.86.